The van der Waals surface area contributed by atoms with Crippen LogP contribution in [0.2, 0.25) is 0 Å². The Morgan fingerprint density at radius 2 is 1.27 bits per heavy atom. The Morgan fingerprint density at radius 1 is 0.909 bits per heavy atom. The van der Waals surface area contributed by atoms with E-state index >= 15 is 0 Å². The standard InChI is InChI=1S/C8H18O.C2H4/c1-3-5-7-9-8-6-4-2;1-2/h3-8H2,1-2H3;1-2H2. The van der Waals surface area contributed by atoms with Crippen molar-refractivity contribution in [2.75, 3.05) is 13.2 Å². The van der Waals surface area contributed by atoms with Gasteiger partial charge in [-0.1, -0.05) is 26.7 Å². The zero-order valence-corrected chi connectivity index (χ0v) is 8.07. The van der Waals surface area contributed by atoms with E-state index in [0.29, 0.717) is 0 Å². The average molecular weight is 158 g/mol. The average Bonchev–Trinajstić information content (AvgIpc) is 2.08. The van der Waals surface area contributed by atoms with Crippen molar-refractivity contribution in [1.82, 2.24) is 0 Å². The summed E-state index contributed by atoms with van der Waals surface area (Å²) in [5, 5.41) is 0. The largest absolute Gasteiger partial charge is 0.381 e. The minimum atomic E-state index is 0.955. The first kappa shape index (κ1) is 13.3. The second-order valence-corrected chi connectivity index (χ2v) is 2.32. The second kappa shape index (κ2) is 16.4. The molecule has 0 aliphatic heterocycles. The van der Waals surface area contributed by atoms with Crippen LogP contribution in [-0.4, -0.2) is 13.2 Å². The summed E-state index contributed by atoms with van der Waals surface area (Å²) >= 11 is 0. The Kier molecular flexibility index (Phi) is 19.8. The Morgan fingerprint density at radius 3 is 1.55 bits per heavy atom. The van der Waals surface area contributed by atoms with Gasteiger partial charge >= 0.3 is 0 Å². The van der Waals surface area contributed by atoms with Gasteiger partial charge in [0.2, 0.25) is 0 Å². The molecule has 68 valence electrons. The van der Waals surface area contributed by atoms with Crippen LogP contribution in [0.25, 0.3) is 0 Å². The van der Waals surface area contributed by atoms with E-state index in [4.69, 9.17) is 4.74 Å². The first-order valence-corrected chi connectivity index (χ1v) is 4.49. The SMILES string of the molecule is C=C.CCCCOCCCC. The van der Waals surface area contributed by atoms with Crippen molar-refractivity contribution in [2.45, 2.75) is 39.5 Å². The molecule has 0 radical (unpaired) electrons. The minimum Gasteiger partial charge on any atom is -0.381 e. The maximum Gasteiger partial charge on any atom is 0.0465 e. The Hall–Kier alpha value is -0.300. The van der Waals surface area contributed by atoms with Crippen LogP contribution in [-0.2, 0) is 4.74 Å². The van der Waals surface area contributed by atoms with Crippen LogP contribution in [0.3, 0.4) is 0 Å². The van der Waals surface area contributed by atoms with Crippen molar-refractivity contribution in [3.63, 3.8) is 0 Å². The summed E-state index contributed by atoms with van der Waals surface area (Å²) < 4.78 is 5.31. The molecule has 0 saturated heterocycles. The summed E-state index contributed by atoms with van der Waals surface area (Å²) in [6.45, 7) is 12.3. The van der Waals surface area contributed by atoms with Gasteiger partial charge in [-0.05, 0) is 12.8 Å². The van der Waals surface area contributed by atoms with E-state index in [9.17, 15) is 0 Å². The first-order valence-electron chi connectivity index (χ1n) is 4.49. The van der Waals surface area contributed by atoms with Crippen LogP contribution in [0.5, 0.6) is 0 Å². The van der Waals surface area contributed by atoms with Gasteiger partial charge in [0.25, 0.3) is 0 Å². The predicted molar refractivity (Wildman–Crippen MR) is 51.9 cm³/mol. The van der Waals surface area contributed by atoms with Crippen molar-refractivity contribution in [1.29, 1.82) is 0 Å². The summed E-state index contributed by atoms with van der Waals surface area (Å²) in [4.78, 5) is 0. The van der Waals surface area contributed by atoms with Crippen LogP contribution in [0.15, 0.2) is 13.2 Å². The second-order valence-electron chi connectivity index (χ2n) is 2.32. The predicted octanol–water partition coefficient (Wildman–Crippen LogP) is 3.41. The highest BCUT2D eigenvalue weighted by molar-refractivity contribution is 4.33. The van der Waals surface area contributed by atoms with E-state index in [-0.39, 0.29) is 0 Å². The quantitative estimate of drug-likeness (QED) is 0.425. The van der Waals surface area contributed by atoms with Crippen molar-refractivity contribution in [2.24, 2.45) is 0 Å². The molecule has 0 N–H and O–H groups in total. The van der Waals surface area contributed by atoms with Gasteiger partial charge in [0, 0.05) is 13.2 Å². The third-order valence-corrected chi connectivity index (χ3v) is 1.28. The highest BCUT2D eigenvalue weighted by Gasteiger charge is 1.84. The lowest BCUT2D eigenvalue weighted by Gasteiger charge is -1.99. The van der Waals surface area contributed by atoms with Crippen molar-refractivity contribution < 1.29 is 4.74 Å². The van der Waals surface area contributed by atoms with E-state index in [1.807, 2.05) is 0 Å². The lowest BCUT2D eigenvalue weighted by atomic mass is 10.3. The smallest absolute Gasteiger partial charge is 0.0465 e. The van der Waals surface area contributed by atoms with Gasteiger partial charge < -0.3 is 4.74 Å². The molecule has 0 fully saturated rings. The fraction of sp³-hybridized carbons (Fsp3) is 0.800. The molecule has 0 amide bonds. The van der Waals surface area contributed by atoms with E-state index < -0.39 is 0 Å². The molecule has 0 spiro atoms. The zero-order valence-electron chi connectivity index (χ0n) is 8.07. The van der Waals surface area contributed by atoms with E-state index in [1.54, 1.807) is 0 Å². The number of hydrogen-bond donors (Lipinski definition) is 0. The van der Waals surface area contributed by atoms with Gasteiger partial charge in [0.1, 0.15) is 0 Å². The summed E-state index contributed by atoms with van der Waals surface area (Å²) in [5.74, 6) is 0. The minimum absolute atomic E-state index is 0.955. The van der Waals surface area contributed by atoms with Crippen LogP contribution >= 0.6 is 0 Å². The number of ether oxygens (including phenoxy) is 1. The summed E-state index contributed by atoms with van der Waals surface area (Å²) in [6, 6.07) is 0. The van der Waals surface area contributed by atoms with Crippen LogP contribution < -0.4 is 0 Å². The lowest BCUT2D eigenvalue weighted by molar-refractivity contribution is 0.128. The van der Waals surface area contributed by atoms with E-state index in [2.05, 4.69) is 27.0 Å². The molecular weight excluding hydrogens is 136 g/mol. The van der Waals surface area contributed by atoms with Gasteiger partial charge in [-0.25, -0.2) is 0 Å². The molecular formula is C10H22O. The van der Waals surface area contributed by atoms with Gasteiger partial charge in [-0.2, -0.15) is 0 Å². The van der Waals surface area contributed by atoms with Crippen molar-refractivity contribution >= 4 is 0 Å². The first-order chi connectivity index (χ1) is 5.41. The fourth-order valence-electron chi connectivity index (χ4n) is 0.595. The third kappa shape index (κ3) is 17.7. The van der Waals surface area contributed by atoms with Crippen LogP contribution in [0.1, 0.15) is 39.5 Å². The van der Waals surface area contributed by atoms with Crippen molar-refractivity contribution in [3.8, 4) is 0 Å². The highest BCUT2D eigenvalue weighted by atomic mass is 16.5. The number of hydrogen-bond acceptors (Lipinski definition) is 1. The van der Waals surface area contributed by atoms with Crippen LogP contribution in [0.4, 0.5) is 0 Å². The molecule has 0 aromatic carbocycles. The maximum atomic E-state index is 5.31. The van der Waals surface area contributed by atoms with Crippen molar-refractivity contribution in [3.05, 3.63) is 13.2 Å². The molecule has 0 aromatic rings. The molecule has 11 heavy (non-hydrogen) atoms. The zero-order chi connectivity index (χ0) is 8.95. The number of rotatable bonds is 6. The maximum absolute atomic E-state index is 5.31. The Balaban J connectivity index is 0. The molecule has 0 unspecified atom stereocenters. The topological polar surface area (TPSA) is 9.23 Å². The van der Waals surface area contributed by atoms with Gasteiger partial charge in [0.15, 0.2) is 0 Å². The van der Waals surface area contributed by atoms with Gasteiger partial charge in [-0.15, -0.1) is 13.2 Å². The number of unbranched alkanes of at least 4 members (excludes halogenated alkanes) is 2. The fourth-order valence-corrected chi connectivity index (χ4v) is 0.595. The van der Waals surface area contributed by atoms with E-state index in [1.165, 1.54) is 25.7 Å². The summed E-state index contributed by atoms with van der Waals surface area (Å²) in [5.41, 5.74) is 0. The molecule has 0 aromatic heterocycles. The highest BCUT2D eigenvalue weighted by Crippen LogP contribution is 1.91. The van der Waals surface area contributed by atoms with E-state index in [0.717, 1.165) is 13.2 Å². The Labute approximate surface area is 71.5 Å². The van der Waals surface area contributed by atoms with Crippen LogP contribution in [0, 0.1) is 0 Å². The monoisotopic (exact) mass is 158 g/mol. The molecule has 0 rings (SSSR count). The molecule has 0 saturated carbocycles. The molecule has 1 heteroatoms. The molecule has 0 atom stereocenters. The molecule has 1 nitrogen and oxygen atoms in total. The Bertz CT molecular complexity index is 46.8. The summed E-state index contributed by atoms with van der Waals surface area (Å²) in [6.07, 6.45) is 4.91. The molecule has 0 aliphatic rings. The lowest BCUT2D eigenvalue weighted by Crippen LogP contribution is -1.95. The third-order valence-electron chi connectivity index (χ3n) is 1.28. The molecule has 0 bridgehead atoms. The molecule has 0 aliphatic carbocycles. The molecule has 0 heterocycles. The summed E-state index contributed by atoms with van der Waals surface area (Å²) in [7, 11) is 0. The van der Waals surface area contributed by atoms with Gasteiger partial charge in [-0.3, -0.25) is 0 Å². The van der Waals surface area contributed by atoms with Gasteiger partial charge in [0.05, 0.1) is 0 Å². The normalized spacial score (nSPS) is 8.55.